The Balaban J connectivity index is 2.03. The van der Waals surface area contributed by atoms with E-state index in [-0.39, 0.29) is 0 Å². The van der Waals surface area contributed by atoms with Crippen molar-refractivity contribution in [3.8, 4) is 0 Å². The summed E-state index contributed by atoms with van der Waals surface area (Å²) in [6.45, 7) is 1.97. The summed E-state index contributed by atoms with van der Waals surface area (Å²) in [4.78, 5) is 2.24. The van der Waals surface area contributed by atoms with Crippen LogP contribution >= 0.6 is 0 Å². The first-order valence-corrected chi connectivity index (χ1v) is 7.50. The minimum atomic E-state index is 0.976. The molecule has 0 atom stereocenters. The Morgan fingerprint density at radius 2 is 1.77 bits per heavy atom. The molecular formula is C16H27N6+. The van der Waals surface area contributed by atoms with Gasteiger partial charge in [0.2, 0.25) is 0 Å². The molecule has 0 bridgehead atoms. The van der Waals surface area contributed by atoms with E-state index in [0.29, 0.717) is 0 Å². The summed E-state index contributed by atoms with van der Waals surface area (Å²) in [5, 5.41) is 5.19. The second kappa shape index (κ2) is 7.17. The van der Waals surface area contributed by atoms with Crippen LogP contribution in [0, 0.1) is 0 Å². The molecule has 0 spiro atoms. The molecule has 2 N–H and O–H groups in total. The number of benzene rings is 1. The van der Waals surface area contributed by atoms with Crippen LogP contribution in [0.5, 0.6) is 0 Å². The van der Waals surface area contributed by atoms with Gasteiger partial charge in [-0.1, -0.05) is 0 Å². The number of hydrogen-bond donors (Lipinski definition) is 2. The highest BCUT2D eigenvalue weighted by Crippen LogP contribution is 2.19. The van der Waals surface area contributed by atoms with Crippen molar-refractivity contribution >= 4 is 17.3 Å². The number of likely N-dealkylation sites (N-methyl/N-ethyl adjacent to an activating group) is 2. The van der Waals surface area contributed by atoms with Crippen LogP contribution in [0.25, 0.3) is 0 Å². The lowest BCUT2D eigenvalue weighted by atomic mass is 10.2. The van der Waals surface area contributed by atoms with Crippen molar-refractivity contribution in [3.05, 3.63) is 36.7 Å². The zero-order valence-electron chi connectivity index (χ0n) is 14.2. The van der Waals surface area contributed by atoms with Gasteiger partial charge in [-0.3, -0.25) is 0 Å². The van der Waals surface area contributed by atoms with E-state index in [1.54, 1.807) is 0 Å². The largest absolute Gasteiger partial charge is 0.379 e. The van der Waals surface area contributed by atoms with Crippen LogP contribution in [0.15, 0.2) is 36.7 Å². The maximum Gasteiger partial charge on any atom is 0.379 e. The minimum Gasteiger partial charge on any atom is -0.373 e. The number of imidazole rings is 1. The van der Waals surface area contributed by atoms with E-state index in [1.165, 1.54) is 5.69 Å². The molecule has 22 heavy (non-hydrogen) atoms. The molecule has 2 aromatic rings. The van der Waals surface area contributed by atoms with Gasteiger partial charge in [-0.25, -0.2) is 14.1 Å². The van der Waals surface area contributed by atoms with Gasteiger partial charge in [0, 0.05) is 32.9 Å². The normalized spacial score (nSPS) is 10.6. The van der Waals surface area contributed by atoms with Crippen molar-refractivity contribution in [3.63, 3.8) is 0 Å². The number of nitrogens with one attached hydrogen (secondary N) is 2. The Kier molecular flexibility index (Phi) is 5.27. The highest BCUT2D eigenvalue weighted by molar-refractivity contribution is 5.57. The fourth-order valence-corrected chi connectivity index (χ4v) is 2.30. The van der Waals surface area contributed by atoms with E-state index < -0.39 is 0 Å². The number of nitrogens with zero attached hydrogens (tertiary/aromatic N) is 4. The summed E-state index contributed by atoms with van der Waals surface area (Å²) in [6.07, 6.45) is 4.05. The van der Waals surface area contributed by atoms with Crippen molar-refractivity contribution in [2.45, 2.75) is 0 Å². The topological polar surface area (TPSA) is 39.4 Å². The van der Waals surface area contributed by atoms with Gasteiger partial charge in [0.1, 0.15) is 0 Å². The van der Waals surface area contributed by atoms with E-state index in [2.05, 4.69) is 56.1 Å². The smallest absolute Gasteiger partial charge is 0.373 e. The molecule has 120 valence electrons. The molecule has 0 saturated heterocycles. The summed E-state index contributed by atoms with van der Waals surface area (Å²) in [6, 6.07) is 8.55. The molecule has 0 aliphatic carbocycles. The Bertz CT molecular complexity index is 570. The van der Waals surface area contributed by atoms with Crippen LogP contribution < -0.4 is 25.2 Å². The lowest BCUT2D eigenvalue weighted by molar-refractivity contribution is -0.656. The van der Waals surface area contributed by atoms with Crippen LogP contribution in [0.2, 0.25) is 0 Å². The summed E-state index contributed by atoms with van der Waals surface area (Å²) >= 11 is 0. The van der Waals surface area contributed by atoms with E-state index in [4.69, 9.17) is 0 Å². The van der Waals surface area contributed by atoms with Crippen molar-refractivity contribution in [2.75, 3.05) is 49.6 Å². The quantitative estimate of drug-likeness (QED) is 0.591. The fourth-order valence-electron chi connectivity index (χ4n) is 2.30. The molecule has 6 heteroatoms. The SMILES string of the molecule is CNCCN(C)c1ccc(N(C)Nc2n(C)cc[n+]2C)cc1. The van der Waals surface area contributed by atoms with Gasteiger partial charge >= 0.3 is 5.95 Å². The maximum absolute atomic E-state index is 3.39. The van der Waals surface area contributed by atoms with Crippen LogP contribution in [0.1, 0.15) is 0 Å². The summed E-state index contributed by atoms with van der Waals surface area (Å²) in [5.41, 5.74) is 5.73. The first-order valence-electron chi connectivity index (χ1n) is 7.50. The van der Waals surface area contributed by atoms with Gasteiger partial charge in [-0.15, -0.1) is 0 Å². The first kappa shape index (κ1) is 16.2. The van der Waals surface area contributed by atoms with Crippen molar-refractivity contribution in [2.24, 2.45) is 14.1 Å². The van der Waals surface area contributed by atoms with Crippen LogP contribution in [-0.4, -0.2) is 38.8 Å². The number of hydrazine groups is 1. The Morgan fingerprint density at radius 3 is 2.32 bits per heavy atom. The molecule has 2 rings (SSSR count). The molecule has 1 aromatic carbocycles. The molecule has 1 heterocycles. The van der Waals surface area contributed by atoms with E-state index in [9.17, 15) is 0 Å². The molecule has 0 radical (unpaired) electrons. The zero-order valence-corrected chi connectivity index (χ0v) is 14.2. The van der Waals surface area contributed by atoms with E-state index in [1.807, 2.05) is 45.6 Å². The van der Waals surface area contributed by atoms with Crippen molar-refractivity contribution in [1.82, 2.24) is 9.88 Å². The highest BCUT2D eigenvalue weighted by atomic mass is 15.5. The predicted molar refractivity (Wildman–Crippen MR) is 92.3 cm³/mol. The van der Waals surface area contributed by atoms with Crippen molar-refractivity contribution < 1.29 is 4.57 Å². The third-order valence-electron chi connectivity index (χ3n) is 3.82. The predicted octanol–water partition coefficient (Wildman–Crippen LogP) is 0.969. The van der Waals surface area contributed by atoms with E-state index >= 15 is 0 Å². The molecule has 0 saturated carbocycles. The van der Waals surface area contributed by atoms with Crippen LogP contribution in [0.4, 0.5) is 17.3 Å². The van der Waals surface area contributed by atoms with E-state index in [0.717, 1.165) is 24.7 Å². The molecule has 0 amide bonds. The number of rotatable bonds is 7. The molecule has 0 unspecified atom stereocenters. The number of aryl methyl sites for hydroxylation is 2. The average Bonchev–Trinajstić information content (AvgIpc) is 2.84. The minimum absolute atomic E-state index is 0.976. The van der Waals surface area contributed by atoms with Crippen molar-refractivity contribution in [1.29, 1.82) is 0 Å². The Morgan fingerprint density at radius 1 is 1.14 bits per heavy atom. The molecular weight excluding hydrogens is 276 g/mol. The van der Waals surface area contributed by atoms with Gasteiger partial charge in [-0.2, -0.15) is 5.43 Å². The van der Waals surface area contributed by atoms with Gasteiger partial charge in [0.05, 0.1) is 32.2 Å². The summed E-state index contributed by atoms with van der Waals surface area (Å²) in [7, 11) is 10.2. The Hall–Kier alpha value is -2.21. The summed E-state index contributed by atoms with van der Waals surface area (Å²) < 4.78 is 4.10. The highest BCUT2D eigenvalue weighted by Gasteiger charge is 2.13. The van der Waals surface area contributed by atoms with Crippen LogP contribution in [0.3, 0.4) is 0 Å². The Labute approximate surface area is 132 Å². The van der Waals surface area contributed by atoms with Crippen LogP contribution in [-0.2, 0) is 14.1 Å². The first-order chi connectivity index (χ1) is 10.5. The molecule has 6 nitrogen and oxygen atoms in total. The van der Waals surface area contributed by atoms with Gasteiger partial charge in [0.15, 0.2) is 0 Å². The second-order valence-corrected chi connectivity index (χ2v) is 5.56. The molecule has 0 fully saturated rings. The molecule has 0 aliphatic heterocycles. The van der Waals surface area contributed by atoms with Gasteiger partial charge in [0.25, 0.3) is 0 Å². The second-order valence-electron chi connectivity index (χ2n) is 5.56. The lowest BCUT2D eigenvalue weighted by Crippen LogP contribution is -2.37. The van der Waals surface area contributed by atoms with Gasteiger partial charge < -0.3 is 10.2 Å². The molecule has 0 aliphatic rings. The third-order valence-corrected chi connectivity index (χ3v) is 3.82. The monoisotopic (exact) mass is 303 g/mol. The molecule has 1 aromatic heterocycles. The number of anilines is 3. The maximum atomic E-state index is 3.39. The fraction of sp³-hybridized carbons (Fsp3) is 0.438. The average molecular weight is 303 g/mol. The number of aromatic nitrogens is 2. The number of hydrogen-bond acceptors (Lipinski definition) is 4. The zero-order chi connectivity index (χ0) is 16.1. The lowest BCUT2D eigenvalue weighted by Gasteiger charge is -2.21. The summed E-state index contributed by atoms with van der Waals surface area (Å²) in [5.74, 6) is 1.03. The third kappa shape index (κ3) is 3.71. The standard InChI is InChI=1S/C16H26N6/c1-17-10-11-19(2)14-6-8-15(9-7-14)22(5)18-16-20(3)12-13-21(16)4/h6-9,12-13,17H,10-11H2,1-5H3/p+1. The van der Waals surface area contributed by atoms with Gasteiger partial charge in [-0.05, 0) is 31.3 Å².